The molecule has 0 spiro atoms. The first kappa shape index (κ1) is 21.9. The van der Waals surface area contributed by atoms with Crippen molar-refractivity contribution < 1.29 is 54.7 Å². The van der Waals surface area contributed by atoms with Crippen molar-refractivity contribution in [2.24, 2.45) is 0 Å². The Labute approximate surface area is 150 Å². The Balaban J connectivity index is 2.14. The van der Waals surface area contributed by atoms with Crippen molar-refractivity contribution >= 4 is 0 Å². The first-order valence-corrected chi connectivity index (χ1v) is 8.55. The summed E-state index contributed by atoms with van der Waals surface area (Å²) in [5.74, 6) is 0. The number of hydrogen-bond donors (Lipinski definition) is 7. The van der Waals surface area contributed by atoms with Gasteiger partial charge in [0, 0.05) is 6.61 Å². The van der Waals surface area contributed by atoms with Crippen LogP contribution in [0.3, 0.4) is 0 Å². The molecule has 2 saturated heterocycles. The number of rotatable bonds is 7. The Morgan fingerprint density at radius 3 is 1.81 bits per heavy atom. The van der Waals surface area contributed by atoms with Gasteiger partial charge in [-0.05, 0) is 6.42 Å². The molecule has 154 valence electrons. The number of aliphatic hydroxyl groups excluding tert-OH is 7. The van der Waals surface area contributed by atoms with Crippen molar-refractivity contribution in [3.63, 3.8) is 0 Å². The van der Waals surface area contributed by atoms with E-state index < -0.39 is 74.6 Å². The van der Waals surface area contributed by atoms with Crippen molar-refractivity contribution in [3.8, 4) is 0 Å². The molecule has 2 fully saturated rings. The molecule has 0 aliphatic carbocycles. The molecule has 2 heterocycles. The van der Waals surface area contributed by atoms with Crippen LogP contribution in [0.4, 0.5) is 0 Å². The van der Waals surface area contributed by atoms with Gasteiger partial charge in [0.05, 0.1) is 13.2 Å². The molecular formula is C15H28O11. The van der Waals surface area contributed by atoms with E-state index in [2.05, 4.69) is 0 Å². The van der Waals surface area contributed by atoms with E-state index >= 15 is 0 Å². The third-order valence-electron chi connectivity index (χ3n) is 4.45. The summed E-state index contributed by atoms with van der Waals surface area (Å²) in [4.78, 5) is 0. The molecule has 0 aromatic rings. The molecule has 0 unspecified atom stereocenters. The minimum Gasteiger partial charge on any atom is -0.394 e. The summed E-state index contributed by atoms with van der Waals surface area (Å²) >= 11 is 0. The number of hydrogen-bond acceptors (Lipinski definition) is 11. The second kappa shape index (κ2) is 9.66. The van der Waals surface area contributed by atoms with Crippen molar-refractivity contribution in [1.82, 2.24) is 0 Å². The van der Waals surface area contributed by atoms with Gasteiger partial charge in [0.15, 0.2) is 12.6 Å². The molecule has 10 atom stereocenters. The molecule has 0 bridgehead atoms. The average molecular weight is 384 g/mol. The van der Waals surface area contributed by atoms with Gasteiger partial charge in [0.25, 0.3) is 0 Å². The Hall–Kier alpha value is -0.440. The Kier molecular flexibility index (Phi) is 8.12. The van der Waals surface area contributed by atoms with Crippen molar-refractivity contribution in [3.05, 3.63) is 0 Å². The fourth-order valence-corrected chi connectivity index (χ4v) is 2.90. The van der Waals surface area contributed by atoms with Crippen LogP contribution in [0.5, 0.6) is 0 Å². The van der Waals surface area contributed by atoms with Crippen molar-refractivity contribution in [2.75, 3.05) is 19.8 Å². The van der Waals surface area contributed by atoms with Gasteiger partial charge in [0.2, 0.25) is 0 Å². The molecular weight excluding hydrogens is 356 g/mol. The van der Waals surface area contributed by atoms with Crippen LogP contribution in [0.25, 0.3) is 0 Å². The normalized spacial score (nSPS) is 47.1. The summed E-state index contributed by atoms with van der Waals surface area (Å²) in [7, 11) is 0. The zero-order valence-corrected chi connectivity index (χ0v) is 14.4. The quantitative estimate of drug-likeness (QED) is 0.228. The molecule has 2 aliphatic rings. The summed E-state index contributed by atoms with van der Waals surface area (Å²) in [5, 5.41) is 68.5. The van der Waals surface area contributed by atoms with E-state index in [0.29, 0.717) is 6.42 Å². The highest BCUT2D eigenvalue weighted by Crippen LogP contribution is 2.29. The van der Waals surface area contributed by atoms with Crippen LogP contribution in [0.2, 0.25) is 0 Å². The highest BCUT2D eigenvalue weighted by molar-refractivity contribution is 4.93. The standard InChI is InChI=1S/C15H28O11/c1-2-3-23-15-13(11(21)9(19)7(5-17)25-15)26-14-12(22)10(20)8(18)6(4-16)24-14/h6-22H,2-5H2,1H3/t6-,7-,8-,9-,10+,11+,12-,13-,14+,15-/m1/s1. The van der Waals surface area contributed by atoms with Crippen LogP contribution in [0.15, 0.2) is 0 Å². The summed E-state index contributed by atoms with van der Waals surface area (Å²) in [6, 6.07) is 0. The van der Waals surface area contributed by atoms with Gasteiger partial charge in [-0.3, -0.25) is 0 Å². The fraction of sp³-hybridized carbons (Fsp3) is 1.00. The van der Waals surface area contributed by atoms with E-state index in [4.69, 9.17) is 18.9 Å². The molecule has 0 saturated carbocycles. The van der Waals surface area contributed by atoms with Gasteiger partial charge in [-0.2, -0.15) is 0 Å². The van der Waals surface area contributed by atoms with E-state index in [-0.39, 0.29) is 6.61 Å². The van der Waals surface area contributed by atoms with Gasteiger partial charge in [-0.25, -0.2) is 0 Å². The number of aliphatic hydroxyl groups is 7. The lowest BCUT2D eigenvalue weighted by atomic mass is 9.97. The van der Waals surface area contributed by atoms with Crippen LogP contribution in [0, 0.1) is 0 Å². The SMILES string of the molecule is CCCO[C@@H]1O[C@H](CO)[C@@H](O)[C@H](O)[C@H]1O[C@@H]1O[C@H](CO)[C@@H](O)[C@H](O)[C@H]1O. The highest BCUT2D eigenvalue weighted by Gasteiger charge is 2.50. The van der Waals surface area contributed by atoms with E-state index in [1.807, 2.05) is 6.92 Å². The molecule has 26 heavy (non-hydrogen) atoms. The Morgan fingerprint density at radius 1 is 0.731 bits per heavy atom. The van der Waals surface area contributed by atoms with E-state index in [1.165, 1.54) is 0 Å². The van der Waals surface area contributed by atoms with Crippen LogP contribution in [-0.4, -0.2) is 117 Å². The molecule has 11 heteroatoms. The van der Waals surface area contributed by atoms with E-state index in [0.717, 1.165) is 0 Å². The molecule has 2 aliphatic heterocycles. The van der Waals surface area contributed by atoms with E-state index in [9.17, 15) is 35.7 Å². The summed E-state index contributed by atoms with van der Waals surface area (Å²) in [6.45, 7) is 0.877. The van der Waals surface area contributed by atoms with Crippen molar-refractivity contribution in [2.45, 2.75) is 74.8 Å². The molecule has 0 amide bonds. The van der Waals surface area contributed by atoms with Gasteiger partial charge < -0.3 is 54.7 Å². The van der Waals surface area contributed by atoms with Gasteiger partial charge in [-0.1, -0.05) is 6.92 Å². The maximum Gasteiger partial charge on any atom is 0.187 e. The summed E-state index contributed by atoms with van der Waals surface area (Å²) in [5.41, 5.74) is 0. The van der Waals surface area contributed by atoms with E-state index in [1.54, 1.807) is 0 Å². The molecule has 0 aromatic carbocycles. The van der Waals surface area contributed by atoms with Gasteiger partial charge in [0.1, 0.15) is 48.8 Å². The smallest absolute Gasteiger partial charge is 0.187 e. The lowest BCUT2D eigenvalue weighted by molar-refractivity contribution is -0.367. The minimum atomic E-state index is -1.68. The zero-order valence-electron chi connectivity index (χ0n) is 14.4. The first-order chi connectivity index (χ1) is 12.3. The van der Waals surface area contributed by atoms with Crippen molar-refractivity contribution in [1.29, 1.82) is 0 Å². The lowest BCUT2D eigenvalue weighted by Crippen LogP contribution is -2.64. The largest absolute Gasteiger partial charge is 0.394 e. The molecule has 2 rings (SSSR count). The maximum absolute atomic E-state index is 10.3. The molecule has 11 nitrogen and oxygen atoms in total. The van der Waals surface area contributed by atoms with Crippen LogP contribution in [-0.2, 0) is 18.9 Å². The van der Waals surface area contributed by atoms with Crippen LogP contribution >= 0.6 is 0 Å². The lowest BCUT2D eigenvalue weighted by Gasteiger charge is -2.45. The predicted octanol–water partition coefficient (Wildman–Crippen LogP) is -3.96. The summed E-state index contributed by atoms with van der Waals surface area (Å²) < 4.78 is 21.6. The third-order valence-corrected chi connectivity index (χ3v) is 4.45. The topological polar surface area (TPSA) is 179 Å². The molecule has 0 aromatic heterocycles. The number of ether oxygens (including phenoxy) is 4. The Bertz CT molecular complexity index is 422. The Morgan fingerprint density at radius 2 is 1.27 bits per heavy atom. The minimum absolute atomic E-state index is 0.236. The third kappa shape index (κ3) is 4.51. The van der Waals surface area contributed by atoms with Gasteiger partial charge >= 0.3 is 0 Å². The first-order valence-electron chi connectivity index (χ1n) is 8.55. The summed E-state index contributed by atoms with van der Waals surface area (Å²) in [6.07, 6.45) is -13.6. The average Bonchev–Trinajstić information content (AvgIpc) is 2.64. The maximum atomic E-state index is 10.3. The zero-order chi connectivity index (χ0) is 19.4. The van der Waals surface area contributed by atoms with Crippen LogP contribution < -0.4 is 0 Å². The fourth-order valence-electron chi connectivity index (χ4n) is 2.90. The monoisotopic (exact) mass is 384 g/mol. The second-order valence-corrected chi connectivity index (χ2v) is 6.38. The molecule has 7 N–H and O–H groups in total. The second-order valence-electron chi connectivity index (χ2n) is 6.38. The predicted molar refractivity (Wildman–Crippen MR) is 82.6 cm³/mol. The highest BCUT2D eigenvalue weighted by atomic mass is 16.8. The van der Waals surface area contributed by atoms with Gasteiger partial charge in [-0.15, -0.1) is 0 Å². The molecule has 0 radical (unpaired) electrons. The van der Waals surface area contributed by atoms with Crippen LogP contribution in [0.1, 0.15) is 13.3 Å².